The quantitative estimate of drug-likeness (QED) is 0.844. The van der Waals surface area contributed by atoms with Crippen molar-refractivity contribution in [2.45, 2.75) is 26.4 Å². The molecule has 0 aromatic carbocycles. The smallest absolute Gasteiger partial charge is 0.339 e. The number of carbonyl (C=O) groups is 1. The van der Waals surface area contributed by atoms with Crippen molar-refractivity contribution in [1.29, 1.82) is 0 Å². The van der Waals surface area contributed by atoms with E-state index in [1.807, 2.05) is 20.8 Å². The molecule has 5 nitrogen and oxygen atoms in total. The van der Waals surface area contributed by atoms with Crippen LogP contribution in [-0.2, 0) is 4.74 Å². The number of hydrogen-bond donors (Lipinski definition) is 2. The summed E-state index contributed by atoms with van der Waals surface area (Å²) in [6, 6.07) is 1.52. The largest absolute Gasteiger partial charge is 0.478 e. The summed E-state index contributed by atoms with van der Waals surface area (Å²) in [5.74, 6) is -0.668. The first-order chi connectivity index (χ1) is 8.35. The molecule has 0 aliphatic rings. The lowest BCUT2D eigenvalue weighted by molar-refractivity contribution is 0.000601. The molecule has 0 atom stereocenters. The van der Waals surface area contributed by atoms with E-state index in [-0.39, 0.29) is 11.2 Å². The average Bonchev–Trinajstić information content (AvgIpc) is 2.27. The second kappa shape index (κ2) is 6.15. The zero-order chi connectivity index (χ0) is 13.8. The van der Waals surface area contributed by atoms with E-state index in [1.54, 1.807) is 6.20 Å². The number of aromatic nitrogens is 1. The Bertz CT molecular complexity index is 435. The van der Waals surface area contributed by atoms with Gasteiger partial charge in [-0.3, -0.25) is 0 Å². The van der Waals surface area contributed by atoms with Crippen molar-refractivity contribution in [1.82, 2.24) is 4.98 Å². The van der Waals surface area contributed by atoms with Gasteiger partial charge in [-0.15, -0.1) is 0 Å². The lowest BCUT2D eigenvalue weighted by Crippen LogP contribution is -2.34. The molecule has 0 bridgehead atoms. The fourth-order valence-electron chi connectivity index (χ4n) is 1.48. The lowest BCUT2D eigenvalue weighted by atomic mass is 10.1. The predicted octanol–water partition coefficient (Wildman–Crippen LogP) is 2.77. The minimum atomic E-state index is -1.01. The van der Waals surface area contributed by atoms with Crippen LogP contribution in [0, 0.1) is 0 Å². The first kappa shape index (κ1) is 14.9. The van der Waals surface area contributed by atoms with Gasteiger partial charge in [-0.2, -0.15) is 0 Å². The molecule has 0 spiro atoms. The summed E-state index contributed by atoms with van der Waals surface area (Å²) in [6.45, 7) is 6.87. The van der Waals surface area contributed by atoms with E-state index >= 15 is 0 Å². The van der Waals surface area contributed by atoms with Gasteiger partial charge in [0.1, 0.15) is 11.4 Å². The first-order valence-electron chi connectivity index (χ1n) is 5.62. The Labute approximate surface area is 115 Å². The van der Waals surface area contributed by atoms with E-state index in [0.717, 1.165) is 0 Å². The third-order valence-electron chi connectivity index (χ3n) is 2.30. The molecule has 1 heterocycles. The van der Waals surface area contributed by atoms with Crippen molar-refractivity contribution in [3.8, 4) is 0 Å². The number of anilines is 1. The SMILES string of the molecule is CCOC(C)(C)CNc1ncc(Br)cc1C(=O)O. The molecule has 0 saturated heterocycles. The number of hydrogen-bond acceptors (Lipinski definition) is 4. The molecule has 0 amide bonds. The normalized spacial score (nSPS) is 11.3. The predicted molar refractivity (Wildman–Crippen MR) is 73.1 cm³/mol. The highest BCUT2D eigenvalue weighted by atomic mass is 79.9. The van der Waals surface area contributed by atoms with Crippen molar-refractivity contribution in [3.05, 3.63) is 22.3 Å². The van der Waals surface area contributed by atoms with E-state index in [0.29, 0.717) is 23.4 Å². The number of halogens is 1. The van der Waals surface area contributed by atoms with Gasteiger partial charge in [-0.25, -0.2) is 9.78 Å². The number of ether oxygens (including phenoxy) is 1. The zero-order valence-corrected chi connectivity index (χ0v) is 12.2. The minimum absolute atomic E-state index is 0.136. The molecule has 0 saturated carbocycles. The van der Waals surface area contributed by atoms with Gasteiger partial charge in [0.25, 0.3) is 0 Å². The van der Waals surface area contributed by atoms with Crippen LogP contribution in [-0.4, -0.2) is 34.8 Å². The molecule has 6 heteroatoms. The van der Waals surface area contributed by atoms with E-state index in [9.17, 15) is 4.79 Å². The van der Waals surface area contributed by atoms with Gasteiger partial charge in [0.2, 0.25) is 0 Å². The first-order valence-corrected chi connectivity index (χ1v) is 6.41. The third-order valence-corrected chi connectivity index (χ3v) is 2.74. The van der Waals surface area contributed by atoms with Gasteiger partial charge in [-0.05, 0) is 42.8 Å². The van der Waals surface area contributed by atoms with Crippen LogP contribution >= 0.6 is 15.9 Å². The second-order valence-corrected chi connectivity index (χ2v) is 5.32. The van der Waals surface area contributed by atoms with Crippen molar-refractivity contribution < 1.29 is 14.6 Å². The minimum Gasteiger partial charge on any atom is -0.478 e. The number of aromatic carboxylic acids is 1. The molecule has 1 aromatic heterocycles. The highest BCUT2D eigenvalue weighted by Gasteiger charge is 2.19. The van der Waals surface area contributed by atoms with Crippen LogP contribution in [0.5, 0.6) is 0 Å². The van der Waals surface area contributed by atoms with Crippen molar-refractivity contribution in [2.24, 2.45) is 0 Å². The highest BCUT2D eigenvalue weighted by molar-refractivity contribution is 9.10. The Morgan fingerprint density at radius 2 is 2.28 bits per heavy atom. The van der Waals surface area contributed by atoms with Gasteiger partial charge < -0.3 is 15.2 Å². The summed E-state index contributed by atoms with van der Waals surface area (Å²) in [4.78, 5) is 15.2. The van der Waals surface area contributed by atoms with Crippen LogP contribution in [0.1, 0.15) is 31.1 Å². The Balaban J connectivity index is 2.82. The summed E-state index contributed by atoms with van der Waals surface area (Å²) >= 11 is 3.20. The number of carboxylic acid groups (broad SMARTS) is 1. The fourth-order valence-corrected chi connectivity index (χ4v) is 1.81. The van der Waals surface area contributed by atoms with Gasteiger partial charge in [0.15, 0.2) is 0 Å². The van der Waals surface area contributed by atoms with Gasteiger partial charge in [0, 0.05) is 23.8 Å². The number of nitrogens with one attached hydrogen (secondary N) is 1. The van der Waals surface area contributed by atoms with Crippen molar-refractivity contribution in [2.75, 3.05) is 18.5 Å². The molecule has 0 aliphatic heterocycles. The Morgan fingerprint density at radius 3 is 2.83 bits per heavy atom. The van der Waals surface area contributed by atoms with Crippen LogP contribution < -0.4 is 5.32 Å². The summed E-state index contributed by atoms with van der Waals surface area (Å²) < 4.78 is 6.16. The molecular weight excluding hydrogens is 300 g/mol. The maximum absolute atomic E-state index is 11.1. The Hall–Kier alpha value is -1.14. The molecule has 0 unspecified atom stereocenters. The van der Waals surface area contributed by atoms with Crippen molar-refractivity contribution >= 4 is 27.7 Å². The molecule has 2 N–H and O–H groups in total. The molecule has 1 aromatic rings. The topological polar surface area (TPSA) is 71.5 Å². The second-order valence-electron chi connectivity index (χ2n) is 4.40. The van der Waals surface area contributed by atoms with E-state index in [4.69, 9.17) is 9.84 Å². The third kappa shape index (κ3) is 4.27. The molecule has 0 radical (unpaired) electrons. The zero-order valence-electron chi connectivity index (χ0n) is 10.7. The van der Waals surface area contributed by atoms with Crippen LogP contribution in [0.2, 0.25) is 0 Å². The summed E-state index contributed by atoms with van der Waals surface area (Å²) in [6.07, 6.45) is 1.56. The molecule has 100 valence electrons. The molecule has 18 heavy (non-hydrogen) atoms. The molecule has 0 fully saturated rings. The summed E-state index contributed by atoms with van der Waals surface area (Å²) in [5.41, 5.74) is -0.240. The van der Waals surface area contributed by atoms with E-state index < -0.39 is 5.97 Å². The van der Waals surface area contributed by atoms with Gasteiger partial charge in [-0.1, -0.05) is 0 Å². The van der Waals surface area contributed by atoms with E-state index in [2.05, 4.69) is 26.2 Å². The fraction of sp³-hybridized carbons (Fsp3) is 0.500. The molecular formula is C12H17BrN2O3. The number of rotatable bonds is 6. The van der Waals surface area contributed by atoms with Crippen LogP contribution in [0.3, 0.4) is 0 Å². The summed E-state index contributed by atoms with van der Waals surface area (Å²) in [7, 11) is 0. The maximum Gasteiger partial charge on any atom is 0.339 e. The number of nitrogens with zero attached hydrogens (tertiary/aromatic N) is 1. The van der Waals surface area contributed by atoms with Gasteiger partial charge in [0.05, 0.1) is 5.60 Å². The molecule has 0 aliphatic carbocycles. The van der Waals surface area contributed by atoms with Crippen molar-refractivity contribution in [3.63, 3.8) is 0 Å². The average molecular weight is 317 g/mol. The monoisotopic (exact) mass is 316 g/mol. The number of pyridine rings is 1. The Morgan fingerprint density at radius 1 is 1.61 bits per heavy atom. The Kier molecular flexibility index (Phi) is 5.10. The summed E-state index contributed by atoms with van der Waals surface area (Å²) in [5, 5.41) is 12.1. The van der Waals surface area contributed by atoms with Crippen LogP contribution in [0.15, 0.2) is 16.7 Å². The number of carboxylic acids is 1. The highest BCUT2D eigenvalue weighted by Crippen LogP contribution is 2.19. The van der Waals surface area contributed by atoms with E-state index in [1.165, 1.54) is 6.07 Å². The lowest BCUT2D eigenvalue weighted by Gasteiger charge is -2.25. The van der Waals surface area contributed by atoms with Crippen LogP contribution in [0.4, 0.5) is 5.82 Å². The van der Waals surface area contributed by atoms with Gasteiger partial charge >= 0.3 is 5.97 Å². The molecule has 1 rings (SSSR count). The van der Waals surface area contributed by atoms with Crippen LogP contribution in [0.25, 0.3) is 0 Å². The maximum atomic E-state index is 11.1. The standard InChI is InChI=1S/C12H17BrN2O3/c1-4-18-12(2,3)7-15-10-9(11(16)17)5-8(13)6-14-10/h5-6H,4,7H2,1-3H3,(H,14,15)(H,16,17).